The molecule has 1 heterocycles. The van der Waals surface area contributed by atoms with Gasteiger partial charge in [-0.05, 0) is 48.5 Å². The van der Waals surface area contributed by atoms with Crippen molar-refractivity contribution < 1.29 is 56.0 Å². The van der Waals surface area contributed by atoms with Crippen LogP contribution in [0.2, 0.25) is 0 Å². The fraction of sp³-hybridized carbons (Fsp3) is 0.143. The van der Waals surface area contributed by atoms with Crippen LogP contribution in [0.1, 0.15) is 53.6 Å². The third-order valence-electron chi connectivity index (χ3n) is 6.31. The highest BCUT2D eigenvalue weighted by molar-refractivity contribution is 5.96. The molecule has 1 amide bonds. The number of hydrogen-bond acceptors (Lipinski definition) is 11. The number of aromatic nitrogens is 1. The van der Waals surface area contributed by atoms with E-state index >= 15 is 0 Å². The summed E-state index contributed by atoms with van der Waals surface area (Å²) in [5.41, 5.74) is 5.08. The Balaban J connectivity index is 2.08. The first-order valence-corrected chi connectivity index (χ1v) is 13.1. The number of carboxylic acids is 2. The van der Waals surface area contributed by atoms with Crippen LogP contribution < -0.4 is 38.5 Å². The van der Waals surface area contributed by atoms with Crippen LogP contribution in [0.5, 0.6) is 0 Å². The van der Waals surface area contributed by atoms with Crippen molar-refractivity contribution >= 4 is 40.6 Å². The maximum atomic E-state index is 13.5. The van der Waals surface area contributed by atoms with Crippen LogP contribution in [-0.2, 0) is 12.4 Å². The lowest BCUT2D eigenvalue weighted by molar-refractivity contribution is -0.138. The van der Waals surface area contributed by atoms with Crippen LogP contribution in [0, 0.1) is 0 Å². The largest absolute Gasteiger partial charge is 0.478 e. The summed E-state index contributed by atoms with van der Waals surface area (Å²) in [6.07, 6.45) is -8.32. The summed E-state index contributed by atoms with van der Waals surface area (Å²) < 4.78 is 81.0. The number of nitrogens with zero attached hydrogens (tertiary/aromatic N) is 3. The van der Waals surface area contributed by atoms with Crippen molar-refractivity contribution in [3.8, 4) is 0 Å². The summed E-state index contributed by atoms with van der Waals surface area (Å²) in [4.78, 5) is 39.4. The number of alkyl halides is 6. The number of rotatable bonds is 11. The summed E-state index contributed by atoms with van der Waals surface area (Å²) in [5.74, 6) is 7.33. The summed E-state index contributed by atoms with van der Waals surface area (Å²) >= 11 is 0. The Morgan fingerprint density at radius 3 is 1.48 bits per heavy atom. The Bertz CT molecular complexity index is 1680. The van der Waals surface area contributed by atoms with Crippen molar-refractivity contribution in [2.24, 2.45) is 23.2 Å². The number of nitrogens with one attached hydrogen (secondary N) is 1. The molecule has 256 valence electrons. The minimum atomic E-state index is -5.06. The van der Waals surface area contributed by atoms with Gasteiger partial charge in [-0.15, -0.1) is 0 Å². The Kier molecular flexibility index (Phi) is 10.9. The lowest BCUT2D eigenvalue weighted by atomic mass is 10.1. The summed E-state index contributed by atoms with van der Waals surface area (Å²) in [7, 11) is 0. The van der Waals surface area contributed by atoms with Crippen LogP contribution in [0.4, 0.5) is 37.7 Å². The first-order valence-electron chi connectivity index (χ1n) is 13.1. The van der Waals surface area contributed by atoms with Gasteiger partial charge in [-0.1, -0.05) is 0 Å². The number of aliphatic hydroxyl groups is 1. The third kappa shape index (κ3) is 8.69. The first kappa shape index (κ1) is 36.6. The fourth-order valence-corrected chi connectivity index (χ4v) is 4.04. The lowest BCUT2D eigenvalue weighted by Gasteiger charge is -2.19. The molecule has 0 atom stereocenters. The number of carbonyl (C=O) groups excluding carboxylic acids is 1. The number of nitrogens with two attached hydrogens (primary N) is 4. The Morgan fingerprint density at radius 1 is 0.750 bits per heavy atom. The molecule has 0 aliphatic heterocycles. The lowest BCUT2D eigenvalue weighted by Crippen LogP contribution is -2.28. The van der Waals surface area contributed by atoms with Gasteiger partial charge in [0.2, 0.25) is 0 Å². The first-order chi connectivity index (χ1) is 22.2. The number of hydrazine groups is 2. The van der Waals surface area contributed by atoms with E-state index in [4.69, 9.17) is 38.5 Å². The van der Waals surface area contributed by atoms with Gasteiger partial charge in [0.1, 0.15) is 0 Å². The Morgan fingerprint density at radius 2 is 1.15 bits per heavy atom. The molecule has 0 bridgehead atoms. The summed E-state index contributed by atoms with van der Waals surface area (Å²) in [5, 5.41) is 30.9. The second-order valence-corrected chi connectivity index (χ2v) is 9.65. The molecule has 0 radical (unpaired) electrons. The zero-order chi connectivity index (χ0) is 36.1. The maximum Gasteiger partial charge on any atom is 0.417 e. The standard InChI is InChI=1S/C28H26F6N8O6/c29-27(30,31)18-9-14(1-3-16(18)25(45)46)41(37)11-20(35)22-7-13(24(44)39-5-6-43)8-23(40-22)21(36)12-42(38)15-2-4-17(26(47)48)19(10-15)28(32,33)34/h1-4,7-12,43H,5-6,35-38H2,(H,39,44)(H,45,46)(H,47,48)/b20-11-,21-12-. The third-order valence-corrected chi connectivity index (χ3v) is 6.31. The number of aliphatic hydroxyl groups excluding tert-OH is 1. The molecule has 2 aromatic carbocycles. The molecular formula is C28H26F6N8O6. The average molecular weight is 685 g/mol. The molecule has 0 saturated carbocycles. The summed E-state index contributed by atoms with van der Waals surface area (Å²) in [6.45, 7) is -0.622. The molecule has 1 aromatic heterocycles. The number of carboxylic acid groups (broad SMARTS) is 2. The van der Waals surface area contributed by atoms with Crippen LogP contribution in [0.3, 0.4) is 0 Å². The minimum Gasteiger partial charge on any atom is -0.478 e. The van der Waals surface area contributed by atoms with Crippen molar-refractivity contribution in [1.29, 1.82) is 0 Å². The number of carbonyl (C=O) groups is 3. The number of amides is 1. The SMILES string of the molecule is N/C(=C\N(N)c1ccc(C(=O)O)c(C(F)(F)F)c1)c1cc(C(=O)NCCO)cc(/C(N)=C/N(N)c2ccc(C(=O)O)c(C(F)(F)F)c2)n1. The number of halogens is 6. The second kappa shape index (κ2) is 14.3. The number of hydrogen-bond donors (Lipinski definition) is 8. The van der Waals surface area contributed by atoms with E-state index in [1.54, 1.807) is 0 Å². The number of anilines is 2. The molecule has 0 spiro atoms. The molecule has 0 aliphatic rings. The van der Waals surface area contributed by atoms with Crippen LogP contribution >= 0.6 is 0 Å². The number of benzene rings is 2. The van der Waals surface area contributed by atoms with E-state index < -0.39 is 59.1 Å². The average Bonchev–Trinajstić information content (AvgIpc) is 3.01. The van der Waals surface area contributed by atoms with Crippen LogP contribution in [-0.4, -0.2) is 51.3 Å². The predicted octanol–water partition coefficient (Wildman–Crippen LogP) is 2.51. The molecule has 20 heteroatoms. The van der Waals surface area contributed by atoms with E-state index in [-0.39, 0.29) is 46.3 Å². The Hall–Kier alpha value is -5.86. The van der Waals surface area contributed by atoms with Gasteiger partial charge >= 0.3 is 24.3 Å². The highest BCUT2D eigenvalue weighted by atomic mass is 19.4. The van der Waals surface area contributed by atoms with E-state index in [0.29, 0.717) is 34.3 Å². The summed E-state index contributed by atoms with van der Waals surface area (Å²) in [6, 6.07) is 6.50. The zero-order valence-corrected chi connectivity index (χ0v) is 24.2. The van der Waals surface area contributed by atoms with Gasteiger partial charge < -0.3 is 32.1 Å². The second-order valence-electron chi connectivity index (χ2n) is 9.65. The van der Waals surface area contributed by atoms with E-state index in [0.717, 1.165) is 36.7 Å². The highest BCUT2D eigenvalue weighted by Gasteiger charge is 2.37. The van der Waals surface area contributed by atoms with E-state index in [1.807, 2.05) is 0 Å². The normalized spacial score (nSPS) is 12.4. The van der Waals surface area contributed by atoms with Crippen molar-refractivity contribution in [2.45, 2.75) is 12.4 Å². The quantitative estimate of drug-likeness (QED) is 0.0823. The molecule has 3 rings (SSSR count). The van der Waals surface area contributed by atoms with E-state index in [1.165, 1.54) is 0 Å². The molecule has 14 nitrogen and oxygen atoms in total. The molecule has 12 N–H and O–H groups in total. The van der Waals surface area contributed by atoms with Gasteiger partial charge in [-0.25, -0.2) is 26.3 Å². The molecular weight excluding hydrogens is 658 g/mol. The molecule has 3 aromatic rings. The Labute approximate surface area is 266 Å². The van der Waals surface area contributed by atoms with Gasteiger partial charge in [0.05, 0.1) is 63.0 Å². The van der Waals surface area contributed by atoms with Crippen molar-refractivity contribution in [2.75, 3.05) is 23.2 Å². The number of aromatic carboxylic acids is 2. The van der Waals surface area contributed by atoms with E-state index in [9.17, 15) is 40.7 Å². The van der Waals surface area contributed by atoms with E-state index in [2.05, 4.69) is 10.3 Å². The van der Waals surface area contributed by atoms with Crippen molar-refractivity contribution in [1.82, 2.24) is 10.3 Å². The molecule has 48 heavy (non-hydrogen) atoms. The van der Waals surface area contributed by atoms with Gasteiger partial charge in [0.15, 0.2) is 0 Å². The monoisotopic (exact) mass is 684 g/mol. The minimum absolute atomic E-state index is 0.168. The molecule has 0 saturated heterocycles. The van der Waals surface area contributed by atoms with Crippen LogP contribution in [0.15, 0.2) is 60.9 Å². The predicted molar refractivity (Wildman–Crippen MR) is 158 cm³/mol. The smallest absolute Gasteiger partial charge is 0.417 e. The van der Waals surface area contributed by atoms with Gasteiger partial charge in [-0.3, -0.25) is 14.8 Å². The van der Waals surface area contributed by atoms with Gasteiger partial charge in [0.25, 0.3) is 5.91 Å². The molecule has 0 aliphatic carbocycles. The maximum absolute atomic E-state index is 13.5. The molecule has 0 fully saturated rings. The van der Waals surface area contributed by atoms with Crippen LogP contribution in [0.25, 0.3) is 11.4 Å². The molecule has 0 unspecified atom stereocenters. The topological polar surface area (TPSA) is 247 Å². The fourth-order valence-electron chi connectivity index (χ4n) is 4.04. The van der Waals surface area contributed by atoms with Gasteiger partial charge in [0, 0.05) is 24.5 Å². The highest BCUT2D eigenvalue weighted by Crippen LogP contribution is 2.36. The van der Waals surface area contributed by atoms with Crippen molar-refractivity contribution in [3.63, 3.8) is 0 Å². The van der Waals surface area contributed by atoms with Gasteiger partial charge in [-0.2, -0.15) is 26.3 Å². The number of pyridine rings is 1. The van der Waals surface area contributed by atoms with Crippen molar-refractivity contribution in [3.05, 3.63) is 100 Å². The zero-order valence-electron chi connectivity index (χ0n) is 24.2.